The number of piperidine rings is 1. The van der Waals surface area contributed by atoms with Gasteiger partial charge in [-0.1, -0.05) is 12.1 Å². The van der Waals surface area contributed by atoms with Gasteiger partial charge in [0.25, 0.3) is 0 Å². The molecular weight excluding hydrogens is 386 g/mol. The summed E-state index contributed by atoms with van der Waals surface area (Å²) in [5.74, 6) is 1.54. The molecule has 3 aromatic rings. The minimum absolute atomic E-state index is 0. The quantitative estimate of drug-likeness (QED) is 0.660. The molecule has 144 valence electrons. The van der Waals surface area contributed by atoms with Crippen LogP contribution in [0.3, 0.4) is 0 Å². The van der Waals surface area contributed by atoms with Crippen LogP contribution in [-0.4, -0.2) is 48.6 Å². The maximum Gasteiger partial charge on any atom is 0.196 e. The molecule has 0 amide bonds. The number of nitrogens with zero attached hydrogens (tertiary/aromatic N) is 3. The first-order chi connectivity index (χ1) is 12.8. The van der Waals surface area contributed by atoms with E-state index in [0.29, 0.717) is 13.2 Å². The molecule has 2 aliphatic heterocycles. The highest BCUT2D eigenvalue weighted by molar-refractivity contribution is 7.15. The lowest BCUT2D eigenvalue weighted by Crippen LogP contribution is -2.45. The molecule has 2 saturated heterocycles. The van der Waals surface area contributed by atoms with E-state index in [0.717, 1.165) is 53.7 Å². The van der Waals surface area contributed by atoms with Crippen molar-refractivity contribution in [2.24, 2.45) is 0 Å². The van der Waals surface area contributed by atoms with Crippen LogP contribution in [0.1, 0.15) is 12.8 Å². The summed E-state index contributed by atoms with van der Waals surface area (Å²) in [6.45, 7) is 3.23. The molecular formula is C19H22ClN3O3S. The number of ether oxygens (including phenoxy) is 3. The zero-order valence-corrected chi connectivity index (χ0v) is 16.7. The number of methoxy groups -OCH3 is 1. The van der Waals surface area contributed by atoms with Crippen molar-refractivity contribution in [3.63, 3.8) is 0 Å². The summed E-state index contributed by atoms with van der Waals surface area (Å²) in [4.78, 5) is 8.17. The summed E-state index contributed by atoms with van der Waals surface area (Å²) in [6.07, 6.45) is 3.91. The second-order valence-corrected chi connectivity index (χ2v) is 7.54. The molecule has 0 bridgehead atoms. The smallest absolute Gasteiger partial charge is 0.196 e. The Morgan fingerprint density at radius 3 is 2.70 bits per heavy atom. The van der Waals surface area contributed by atoms with Gasteiger partial charge in [-0.3, -0.25) is 4.40 Å². The van der Waals surface area contributed by atoms with E-state index in [9.17, 15) is 0 Å². The highest BCUT2D eigenvalue weighted by atomic mass is 35.5. The maximum absolute atomic E-state index is 5.82. The van der Waals surface area contributed by atoms with Crippen LogP contribution in [0.5, 0.6) is 5.75 Å². The zero-order chi connectivity index (χ0) is 17.6. The molecule has 2 aliphatic rings. The Bertz CT molecular complexity index is 925. The predicted molar refractivity (Wildman–Crippen MR) is 108 cm³/mol. The molecule has 1 aromatic carbocycles. The third-order valence-electron chi connectivity index (χ3n) is 5.22. The Kier molecular flexibility index (Phi) is 5.03. The van der Waals surface area contributed by atoms with Crippen LogP contribution in [-0.2, 0) is 9.47 Å². The number of hydrogen-bond donors (Lipinski definition) is 0. The first-order valence-electron chi connectivity index (χ1n) is 8.90. The Labute approximate surface area is 168 Å². The average molecular weight is 408 g/mol. The molecule has 6 nitrogen and oxygen atoms in total. The van der Waals surface area contributed by atoms with Crippen molar-refractivity contribution < 1.29 is 14.2 Å². The largest absolute Gasteiger partial charge is 0.497 e. The second kappa shape index (κ2) is 7.31. The molecule has 0 atom stereocenters. The van der Waals surface area contributed by atoms with E-state index >= 15 is 0 Å². The van der Waals surface area contributed by atoms with Crippen LogP contribution in [0.2, 0.25) is 0 Å². The van der Waals surface area contributed by atoms with Crippen LogP contribution in [0.15, 0.2) is 35.8 Å². The van der Waals surface area contributed by atoms with Gasteiger partial charge in [0.15, 0.2) is 10.7 Å². The predicted octanol–water partition coefficient (Wildman–Crippen LogP) is 3.84. The first kappa shape index (κ1) is 18.6. The molecule has 2 aromatic heterocycles. The van der Waals surface area contributed by atoms with Crippen molar-refractivity contribution >= 4 is 34.5 Å². The van der Waals surface area contributed by atoms with Gasteiger partial charge in [-0.15, -0.1) is 23.7 Å². The number of imidazole rings is 1. The summed E-state index contributed by atoms with van der Waals surface area (Å²) in [5, 5.41) is 2.15. The van der Waals surface area contributed by atoms with Gasteiger partial charge in [0.2, 0.25) is 0 Å². The van der Waals surface area contributed by atoms with Crippen molar-refractivity contribution in [1.82, 2.24) is 9.38 Å². The molecule has 8 heteroatoms. The van der Waals surface area contributed by atoms with Gasteiger partial charge in [0.05, 0.1) is 32.2 Å². The van der Waals surface area contributed by atoms with Crippen LogP contribution in [0.4, 0.5) is 5.82 Å². The molecule has 1 spiro atoms. The number of fused-ring (bicyclic) bond motifs is 1. The summed E-state index contributed by atoms with van der Waals surface area (Å²) < 4.78 is 19.2. The maximum atomic E-state index is 5.82. The normalized spacial score (nSPS) is 18.8. The van der Waals surface area contributed by atoms with Gasteiger partial charge >= 0.3 is 0 Å². The molecule has 5 rings (SSSR count). The van der Waals surface area contributed by atoms with Crippen molar-refractivity contribution in [2.75, 3.05) is 38.3 Å². The summed E-state index contributed by atoms with van der Waals surface area (Å²) in [5.41, 5.74) is 2.27. The molecule has 0 N–H and O–H groups in total. The fraction of sp³-hybridized carbons (Fsp3) is 0.421. The fourth-order valence-electron chi connectivity index (χ4n) is 3.78. The molecule has 0 aliphatic carbocycles. The number of aromatic nitrogens is 2. The number of anilines is 1. The minimum Gasteiger partial charge on any atom is -0.497 e. The molecule has 0 radical (unpaired) electrons. The minimum atomic E-state index is -0.348. The zero-order valence-electron chi connectivity index (χ0n) is 15.1. The third-order valence-corrected chi connectivity index (χ3v) is 6.06. The molecule has 0 unspecified atom stereocenters. The molecule has 2 fully saturated rings. The number of rotatable bonds is 3. The van der Waals surface area contributed by atoms with E-state index < -0.39 is 0 Å². The Morgan fingerprint density at radius 1 is 1.19 bits per heavy atom. The lowest BCUT2D eigenvalue weighted by Gasteiger charge is -2.37. The summed E-state index contributed by atoms with van der Waals surface area (Å²) >= 11 is 1.66. The van der Waals surface area contributed by atoms with Crippen molar-refractivity contribution in [1.29, 1.82) is 0 Å². The van der Waals surface area contributed by atoms with E-state index in [2.05, 4.69) is 33.0 Å². The Balaban J connectivity index is 0.00000180. The number of benzene rings is 1. The number of halogens is 1. The van der Waals surface area contributed by atoms with Crippen LogP contribution in [0.25, 0.3) is 16.2 Å². The highest BCUT2D eigenvalue weighted by Crippen LogP contribution is 2.35. The monoisotopic (exact) mass is 407 g/mol. The summed E-state index contributed by atoms with van der Waals surface area (Å²) in [6, 6.07) is 8.13. The Hall–Kier alpha value is -1.80. The number of hydrogen-bond acceptors (Lipinski definition) is 6. The van der Waals surface area contributed by atoms with Crippen molar-refractivity contribution in [2.45, 2.75) is 18.6 Å². The number of thiazole rings is 1. The van der Waals surface area contributed by atoms with Gasteiger partial charge in [-0.25, -0.2) is 4.98 Å². The van der Waals surface area contributed by atoms with Gasteiger partial charge in [-0.05, 0) is 12.1 Å². The lowest BCUT2D eigenvalue weighted by molar-refractivity contribution is -0.169. The van der Waals surface area contributed by atoms with Crippen molar-refractivity contribution in [3.05, 3.63) is 35.8 Å². The average Bonchev–Trinajstić information content (AvgIpc) is 3.39. The van der Waals surface area contributed by atoms with Crippen LogP contribution in [0, 0.1) is 0 Å². The van der Waals surface area contributed by atoms with Crippen LogP contribution < -0.4 is 9.64 Å². The topological polar surface area (TPSA) is 48.2 Å². The molecule has 0 saturated carbocycles. The van der Waals surface area contributed by atoms with E-state index in [-0.39, 0.29) is 18.2 Å². The van der Waals surface area contributed by atoms with E-state index in [4.69, 9.17) is 19.2 Å². The fourth-order valence-corrected chi connectivity index (χ4v) is 4.65. The SMILES string of the molecule is COc1cccc(-c2csc3nc(N4CCC5(CC4)OCCO5)cn23)c1.Cl. The lowest BCUT2D eigenvalue weighted by atomic mass is 10.0. The van der Waals surface area contributed by atoms with Crippen molar-refractivity contribution in [3.8, 4) is 17.0 Å². The molecule has 4 heterocycles. The third kappa shape index (κ3) is 3.29. The Morgan fingerprint density at radius 2 is 1.96 bits per heavy atom. The first-order valence-corrected chi connectivity index (χ1v) is 9.78. The highest BCUT2D eigenvalue weighted by Gasteiger charge is 2.40. The summed E-state index contributed by atoms with van der Waals surface area (Å²) in [7, 11) is 1.69. The van der Waals surface area contributed by atoms with Crippen LogP contribution >= 0.6 is 23.7 Å². The van der Waals surface area contributed by atoms with Gasteiger partial charge < -0.3 is 19.1 Å². The molecule has 27 heavy (non-hydrogen) atoms. The van der Waals surface area contributed by atoms with E-state index in [1.165, 1.54) is 0 Å². The van der Waals surface area contributed by atoms with Gasteiger partial charge in [-0.2, -0.15) is 0 Å². The standard InChI is InChI=1S/C19H21N3O3S.ClH/c1-23-15-4-2-3-14(11-15)16-13-26-18-20-17(12-22(16)18)21-7-5-19(6-8-21)24-9-10-25-19;/h2-4,11-13H,5-10H2,1H3;1H. The van der Waals surface area contributed by atoms with E-state index in [1.54, 1.807) is 18.4 Å². The van der Waals surface area contributed by atoms with E-state index in [1.807, 2.05) is 12.1 Å². The van der Waals surface area contributed by atoms with Gasteiger partial charge in [0.1, 0.15) is 11.6 Å². The van der Waals surface area contributed by atoms with Gasteiger partial charge in [0, 0.05) is 36.9 Å². The second-order valence-electron chi connectivity index (χ2n) is 6.70.